The lowest BCUT2D eigenvalue weighted by Gasteiger charge is -2.20. The van der Waals surface area contributed by atoms with Gasteiger partial charge in [-0.25, -0.2) is 0 Å². The van der Waals surface area contributed by atoms with E-state index in [0.29, 0.717) is 6.04 Å². The van der Waals surface area contributed by atoms with Crippen molar-refractivity contribution in [3.05, 3.63) is 59.2 Å². The van der Waals surface area contributed by atoms with Crippen LogP contribution in [-0.4, -0.2) is 6.54 Å². The zero-order chi connectivity index (χ0) is 12.8. The molecule has 2 bridgehead atoms. The Hall–Kier alpha value is -1.60. The van der Waals surface area contributed by atoms with E-state index >= 15 is 0 Å². The van der Waals surface area contributed by atoms with Gasteiger partial charge in [0.25, 0.3) is 0 Å². The maximum Gasteiger partial charge on any atom is 0.0329 e. The first kappa shape index (κ1) is 11.2. The highest BCUT2D eigenvalue weighted by Crippen LogP contribution is 2.45. The molecule has 2 aromatic rings. The van der Waals surface area contributed by atoms with E-state index in [4.69, 9.17) is 0 Å². The normalized spacial score (nSPS) is 24.3. The largest absolute Gasteiger partial charge is 0.310 e. The van der Waals surface area contributed by atoms with Crippen LogP contribution in [0.25, 0.3) is 11.1 Å². The van der Waals surface area contributed by atoms with Crippen molar-refractivity contribution >= 4 is 0 Å². The molecule has 1 heterocycles. The van der Waals surface area contributed by atoms with E-state index in [2.05, 4.69) is 54.7 Å². The van der Waals surface area contributed by atoms with E-state index in [1.165, 1.54) is 36.1 Å². The second-order valence-electron chi connectivity index (χ2n) is 5.94. The summed E-state index contributed by atoms with van der Waals surface area (Å²) in [7, 11) is 0. The first-order valence-corrected chi connectivity index (χ1v) is 7.25. The molecule has 1 aliphatic heterocycles. The summed E-state index contributed by atoms with van der Waals surface area (Å²) in [5.74, 6) is 0.799. The van der Waals surface area contributed by atoms with Crippen molar-refractivity contribution in [2.75, 3.05) is 6.54 Å². The average molecular weight is 249 g/mol. The van der Waals surface area contributed by atoms with Gasteiger partial charge >= 0.3 is 0 Å². The molecule has 19 heavy (non-hydrogen) atoms. The summed E-state index contributed by atoms with van der Waals surface area (Å²) in [5.41, 5.74) is 7.16. The zero-order valence-electron chi connectivity index (χ0n) is 11.3. The third-order valence-corrected chi connectivity index (χ3v) is 4.66. The van der Waals surface area contributed by atoms with Gasteiger partial charge in [-0.2, -0.15) is 0 Å². The van der Waals surface area contributed by atoms with Crippen molar-refractivity contribution in [2.45, 2.75) is 31.7 Å². The molecule has 1 saturated heterocycles. The fraction of sp³-hybridized carbons (Fsp3) is 0.333. The van der Waals surface area contributed by atoms with Crippen molar-refractivity contribution in [3.63, 3.8) is 0 Å². The van der Waals surface area contributed by atoms with Crippen LogP contribution < -0.4 is 5.32 Å². The summed E-state index contributed by atoms with van der Waals surface area (Å²) in [6, 6.07) is 16.5. The molecule has 0 radical (unpaired) electrons. The van der Waals surface area contributed by atoms with Crippen molar-refractivity contribution in [1.82, 2.24) is 5.32 Å². The minimum absolute atomic E-state index is 0.596. The summed E-state index contributed by atoms with van der Waals surface area (Å²) >= 11 is 0. The van der Waals surface area contributed by atoms with Crippen LogP contribution in [0.4, 0.5) is 0 Å². The summed E-state index contributed by atoms with van der Waals surface area (Å²) in [4.78, 5) is 0. The van der Waals surface area contributed by atoms with Crippen molar-refractivity contribution in [1.29, 1.82) is 0 Å². The molecule has 1 aliphatic carbocycles. The summed E-state index contributed by atoms with van der Waals surface area (Å²) < 4.78 is 0. The minimum Gasteiger partial charge on any atom is -0.310 e. The van der Waals surface area contributed by atoms with Gasteiger partial charge in [0, 0.05) is 6.04 Å². The molecular weight excluding hydrogens is 230 g/mol. The Labute approximate surface area is 114 Å². The molecule has 1 fully saturated rings. The van der Waals surface area contributed by atoms with Gasteiger partial charge in [0.1, 0.15) is 0 Å². The number of nitrogens with one attached hydrogen (secondary N) is 1. The molecule has 4 rings (SSSR count). The van der Waals surface area contributed by atoms with Crippen LogP contribution in [-0.2, 0) is 0 Å². The number of hydrogen-bond donors (Lipinski definition) is 1. The summed E-state index contributed by atoms with van der Waals surface area (Å²) in [6.45, 7) is 3.33. The molecule has 0 aromatic heterocycles. The number of aryl methyl sites for hydroxylation is 1. The monoisotopic (exact) mass is 249 g/mol. The second-order valence-corrected chi connectivity index (χ2v) is 5.94. The lowest BCUT2D eigenvalue weighted by molar-refractivity contribution is 0.410. The molecule has 0 spiro atoms. The fourth-order valence-corrected chi connectivity index (χ4v) is 3.69. The van der Waals surface area contributed by atoms with Gasteiger partial charge in [0.05, 0.1) is 0 Å². The molecule has 2 unspecified atom stereocenters. The number of piperidine rings is 1. The highest BCUT2D eigenvalue weighted by atomic mass is 14.9. The Balaban J connectivity index is 1.81. The third kappa shape index (κ3) is 1.81. The van der Waals surface area contributed by atoms with E-state index in [-0.39, 0.29) is 0 Å². The lowest BCUT2D eigenvalue weighted by Crippen LogP contribution is -2.25. The molecule has 1 heteroatoms. The Bertz CT molecular complexity index is 629. The van der Waals surface area contributed by atoms with E-state index in [9.17, 15) is 0 Å². The Kier molecular flexibility index (Phi) is 2.49. The van der Waals surface area contributed by atoms with Gasteiger partial charge in [-0.05, 0) is 60.5 Å². The predicted molar refractivity (Wildman–Crippen MR) is 79.3 cm³/mol. The van der Waals surface area contributed by atoms with Crippen molar-refractivity contribution in [2.24, 2.45) is 0 Å². The molecule has 96 valence electrons. The maximum atomic E-state index is 3.66. The SMILES string of the molecule is Cc1cccc(-c2ccc3c(c2)C2CC3CCN2)c1. The first-order chi connectivity index (χ1) is 9.31. The van der Waals surface area contributed by atoms with Crippen LogP contribution in [0.3, 0.4) is 0 Å². The van der Waals surface area contributed by atoms with Crippen molar-refractivity contribution < 1.29 is 0 Å². The van der Waals surface area contributed by atoms with E-state index in [1.807, 2.05) is 0 Å². The molecule has 2 aliphatic rings. The Morgan fingerprint density at radius 3 is 2.79 bits per heavy atom. The number of benzene rings is 2. The average Bonchev–Trinajstić information content (AvgIpc) is 2.70. The van der Waals surface area contributed by atoms with Gasteiger partial charge < -0.3 is 5.32 Å². The van der Waals surface area contributed by atoms with Crippen LogP contribution >= 0.6 is 0 Å². The summed E-state index contributed by atoms with van der Waals surface area (Å²) in [6.07, 6.45) is 2.60. The zero-order valence-corrected chi connectivity index (χ0v) is 11.3. The third-order valence-electron chi connectivity index (χ3n) is 4.66. The molecule has 1 N–H and O–H groups in total. The quantitative estimate of drug-likeness (QED) is 0.799. The highest BCUT2D eigenvalue weighted by molar-refractivity contribution is 5.66. The first-order valence-electron chi connectivity index (χ1n) is 7.25. The Morgan fingerprint density at radius 1 is 1.00 bits per heavy atom. The van der Waals surface area contributed by atoms with Crippen LogP contribution in [0.1, 0.15) is 41.5 Å². The lowest BCUT2D eigenvalue weighted by atomic mass is 9.95. The second kappa shape index (κ2) is 4.21. The summed E-state index contributed by atoms with van der Waals surface area (Å²) in [5, 5.41) is 3.66. The molecular formula is C18H19N. The number of hydrogen-bond acceptors (Lipinski definition) is 1. The number of fused-ring (bicyclic) bond motifs is 5. The van der Waals surface area contributed by atoms with Gasteiger partial charge in [-0.1, -0.05) is 42.0 Å². The van der Waals surface area contributed by atoms with Crippen LogP contribution in [0.5, 0.6) is 0 Å². The molecule has 0 saturated carbocycles. The van der Waals surface area contributed by atoms with E-state index in [1.54, 1.807) is 11.1 Å². The van der Waals surface area contributed by atoms with Gasteiger partial charge in [-0.15, -0.1) is 0 Å². The van der Waals surface area contributed by atoms with E-state index < -0.39 is 0 Å². The smallest absolute Gasteiger partial charge is 0.0329 e. The number of rotatable bonds is 1. The van der Waals surface area contributed by atoms with Gasteiger partial charge in [0.2, 0.25) is 0 Å². The van der Waals surface area contributed by atoms with Crippen molar-refractivity contribution in [3.8, 4) is 11.1 Å². The van der Waals surface area contributed by atoms with Crippen LogP contribution in [0.15, 0.2) is 42.5 Å². The maximum absolute atomic E-state index is 3.66. The topological polar surface area (TPSA) is 12.0 Å². The van der Waals surface area contributed by atoms with Gasteiger partial charge in [0.15, 0.2) is 0 Å². The molecule has 0 amide bonds. The van der Waals surface area contributed by atoms with Crippen LogP contribution in [0, 0.1) is 6.92 Å². The molecule has 2 atom stereocenters. The highest BCUT2D eigenvalue weighted by Gasteiger charge is 2.33. The molecule has 1 nitrogen and oxygen atoms in total. The van der Waals surface area contributed by atoms with E-state index in [0.717, 1.165) is 5.92 Å². The molecule has 2 aromatic carbocycles. The predicted octanol–water partition coefficient (Wildman–Crippen LogP) is 4.18. The van der Waals surface area contributed by atoms with Gasteiger partial charge in [-0.3, -0.25) is 0 Å². The van der Waals surface area contributed by atoms with Crippen LogP contribution in [0.2, 0.25) is 0 Å². The standard InChI is InChI=1S/C18H19N/c1-12-3-2-4-13(9-12)14-5-6-16-15-7-8-19-18(11-15)17(16)10-14/h2-6,9-10,15,18-19H,7-8,11H2,1H3. The Morgan fingerprint density at radius 2 is 1.89 bits per heavy atom. The minimum atomic E-state index is 0.596. The fourth-order valence-electron chi connectivity index (χ4n) is 3.69.